The maximum absolute atomic E-state index is 13.9. The highest BCUT2D eigenvalue weighted by atomic mass is 19.1. The van der Waals surface area contributed by atoms with Gasteiger partial charge in [0.2, 0.25) is 6.41 Å². The lowest BCUT2D eigenvalue weighted by molar-refractivity contribution is -0.108. The molecule has 1 heterocycles. The Morgan fingerprint density at radius 2 is 1.72 bits per heavy atom. The maximum Gasteiger partial charge on any atom is 0.214 e. The van der Waals surface area contributed by atoms with E-state index >= 15 is 0 Å². The van der Waals surface area contributed by atoms with Crippen LogP contribution < -0.4 is 9.64 Å². The van der Waals surface area contributed by atoms with Crippen LogP contribution in [0, 0.1) is 5.82 Å². The standard InChI is InChI=1S/C27H24FNO3/c1-17-15-27(2,3)29(16-30)22-13-12-21(20-11-10-19(28)14-23(20)32-4)25(24(17)22)26(31)18-8-6-5-7-9-18/h5-16H,1-4H3. The Morgan fingerprint density at radius 1 is 1.03 bits per heavy atom. The quantitative estimate of drug-likeness (QED) is 0.375. The zero-order valence-electron chi connectivity index (χ0n) is 18.5. The fraction of sp³-hybridized carbons (Fsp3) is 0.185. The van der Waals surface area contributed by atoms with Crippen LogP contribution in [0.4, 0.5) is 10.1 Å². The molecule has 0 atom stereocenters. The largest absolute Gasteiger partial charge is 0.496 e. The summed E-state index contributed by atoms with van der Waals surface area (Å²) in [6.07, 6.45) is 2.77. The minimum Gasteiger partial charge on any atom is -0.496 e. The normalized spacial score (nSPS) is 14.4. The third-order valence-electron chi connectivity index (χ3n) is 5.85. The Hall–Kier alpha value is -3.73. The van der Waals surface area contributed by atoms with Crippen molar-refractivity contribution in [2.24, 2.45) is 0 Å². The van der Waals surface area contributed by atoms with E-state index in [0.717, 1.165) is 12.0 Å². The first-order valence-electron chi connectivity index (χ1n) is 10.3. The number of amides is 1. The van der Waals surface area contributed by atoms with Crippen LogP contribution in [0.2, 0.25) is 0 Å². The number of ketones is 1. The summed E-state index contributed by atoms with van der Waals surface area (Å²) >= 11 is 0. The molecule has 5 heteroatoms. The van der Waals surface area contributed by atoms with E-state index in [1.807, 2.05) is 51.1 Å². The summed E-state index contributed by atoms with van der Waals surface area (Å²) in [6.45, 7) is 5.84. The summed E-state index contributed by atoms with van der Waals surface area (Å²) in [5, 5.41) is 0. The van der Waals surface area contributed by atoms with Gasteiger partial charge in [0.25, 0.3) is 0 Å². The van der Waals surface area contributed by atoms with Crippen molar-refractivity contribution >= 4 is 23.5 Å². The Kier molecular flexibility index (Phi) is 5.43. The molecule has 0 N–H and O–H groups in total. The minimum absolute atomic E-state index is 0.179. The highest BCUT2D eigenvalue weighted by Gasteiger charge is 2.35. The van der Waals surface area contributed by atoms with Crippen molar-refractivity contribution in [2.75, 3.05) is 12.0 Å². The summed E-state index contributed by atoms with van der Waals surface area (Å²) < 4.78 is 19.3. The number of fused-ring (bicyclic) bond motifs is 1. The number of ether oxygens (including phenoxy) is 1. The number of hydrogen-bond acceptors (Lipinski definition) is 3. The van der Waals surface area contributed by atoms with Gasteiger partial charge in [-0.2, -0.15) is 0 Å². The van der Waals surface area contributed by atoms with Crippen LogP contribution in [0.1, 0.15) is 42.3 Å². The van der Waals surface area contributed by atoms with E-state index < -0.39 is 11.4 Å². The van der Waals surface area contributed by atoms with Crippen molar-refractivity contribution in [2.45, 2.75) is 26.3 Å². The van der Waals surface area contributed by atoms with Crippen molar-refractivity contribution in [3.63, 3.8) is 0 Å². The van der Waals surface area contributed by atoms with E-state index in [9.17, 15) is 14.0 Å². The molecule has 0 bridgehead atoms. The SMILES string of the molecule is COc1cc(F)ccc1-c1ccc2c(c1C(=O)c1ccccc1)C(C)=CC(C)(C)N2C=O. The molecule has 0 fully saturated rings. The third kappa shape index (κ3) is 3.50. The second-order valence-corrected chi connectivity index (χ2v) is 8.38. The summed E-state index contributed by atoms with van der Waals surface area (Å²) in [4.78, 5) is 27.5. The zero-order valence-corrected chi connectivity index (χ0v) is 18.5. The Bertz CT molecular complexity index is 1250. The van der Waals surface area contributed by atoms with Crippen LogP contribution in [-0.2, 0) is 4.79 Å². The highest BCUT2D eigenvalue weighted by Crippen LogP contribution is 2.45. The molecule has 32 heavy (non-hydrogen) atoms. The molecule has 3 aromatic carbocycles. The van der Waals surface area contributed by atoms with Crippen molar-refractivity contribution in [3.8, 4) is 16.9 Å². The lowest BCUT2D eigenvalue weighted by Gasteiger charge is -2.40. The number of nitrogens with zero attached hydrogens (tertiary/aromatic N) is 1. The molecule has 0 radical (unpaired) electrons. The van der Waals surface area contributed by atoms with Gasteiger partial charge in [0, 0.05) is 28.3 Å². The summed E-state index contributed by atoms with van der Waals surface area (Å²) in [6, 6.07) is 16.9. The molecular weight excluding hydrogens is 405 g/mol. The van der Waals surface area contributed by atoms with Crippen molar-refractivity contribution in [1.82, 2.24) is 0 Å². The van der Waals surface area contributed by atoms with Gasteiger partial charge in [-0.05, 0) is 50.1 Å². The molecule has 0 unspecified atom stereocenters. The first-order chi connectivity index (χ1) is 15.3. The Labute approximate surface area is 186 Å². The number of carbonyl (C=O) groups is 2. The Balaban J connectivity index is 2.09. The van der Waals surface area contributed by atoms with Crippen LogP contribution in [0.15, 0.2) is 66.7 Å². The molecule has 162 valence electrons. The number of anilines is 1. The number of halogens is 1. The molecule has 3 aromatic rings. The van der Waals surface area contributed by atoms with Gasteiger partial charge in [-0.15, -0.1) is 0 Å². The molecule has 0 aliphatic carbocycles. The predicted octanol–water partition coefficient (Wildman–Crippen LogP) is 5.89. The molecule has 0 saturated carbocycles. The van der Waals surface area contributed by atoms with Crippen LogP contribution in [0.5, 0.6) is 5.75 Å². The number of carbonyl (C=O) groups excluding carboxylic acids is 2. The lowest BCUT2D eigenvalue weighted by Crippen LogP contribution is -2.44. The van der Waals surface area contributed by atoms with E-state index in [2.05, 4.69) is 0 Å². The highest BCUT2D eigenvalue weighted by molar-refractivity contribution is 6.17. The molecular formula is C27H24FNO3. The molecule has 4 nitrogen and oxygen atoms in total. The first-order valence-corrected chi connectivity index (χ1v) is 10.3. The van der Waals surface area contributed by atoms with E-state index in [0.29, 0.717) is 39.3 Å². The van der Waals surface area contributed by atoms with Gasteiger partial charge in [-0.25, -0.2) is 4.39 Å². The van der Waals surface area contributed by atoms with Gasteiger partial charge in [-0.3, -0.25) is 9.59 Å². The second-order valence-electron chi connectivity index (χ2n) is 8.38. The summed E-state index contributed by atoms with van der Waals surface area (Å²) in [5.41, 5.74) is 3.90. The van der Waals surface area contributed by atoms with Crippen LogP contribution in [-0.4, -0.2) is 24.8 Å². The van der Waals surface area contributed by atoms with E-state index in [1.165, 1.54) is 19.2 Å². The fourth-order valence-corrected chi connectivity index (χ4v) is 4.45. The molecule has 4 rings (SSSR count). The average molecular weight is 429 g/mol. The number of benzene rings is 3. The van der Waals surface area contributed by atoms with Gasteiger partial charge >= 0.3 is 0 Å². The van der Waals surface area contributed by atoms with E-state index in [4.69, 9.17) is 4.74 Å². The topological polar surface area (TPSA) is 46.6 Å². The van der Waals surface area contributed by atoms with Crippen LogP contribution in [0.25, 0.3) is 16.7 Å². The molecule has 0 saturated heterocycles. The second kappa shape index (κ2) is 8.08. The number of allylic oxidation sites excluding steroid dienone is 1. The third-order valence-corrected chi connectivity index (χ3v) is 5.85. The van der Waals surface area contributed by atoms with Gasteiger partial charge in [0.1, 0.15) is 11.6 Å². The van der Waals surface area contributed by atoms with Gasteiger partial charge in [0.15, 0.2) is 5.78 Å². The van der Waals surface area contributed by atoms with Crippen LogP contribution >= 0.6 is 0 Å². The zero-order chi connectivity index (χ0) is 23.0. The fourth-order valence-electron chi connectivity index (χ4n) is 4.45. The van der Waals surface area contributed by atoms with Crippen molar-refractivity contribution in [3.05, 3.63) is 89.2 Å². The monoisotopic (exact) mass is 429 g/mol. The predicted molar refractivity (Wildman–Crippen MR) is 125 cm³/mol. The molecule has 1 aliphatic heterocycles. The maximum atomic E-state index is 13.9. The Morgan fingerprint density at radius 3 is 2.38 bits per heavy atom. The smallest absolute Gasteiger partial charge is 0.214 e. The average Bonchev–Trinajstić information content (AvgIpc) is 2.78. The molecule has 1 amide bonds. The van der Waals surface area contributed by atoms with Gasteiger partial charge in [0.05, 0.1) is 18.3 Å². The van der Waals surface area contributed by atoms with Gasteiger partial charge < -0.3 is 9.64 Å². The van der Waals surface area contributed by atoms with Crippen molar-refractivity contribution in [1.29, 1.82) is 0 Å². The van der Waals surface area contributed by atoms with E-state index in [1.54, 1.807) is 29.2 Å². The van der Waals surface area contributed by atoms with Gasteiger partial charge in [-0.1, -0.05) is 42.5 Å². The molecule has 1 aliphatic rings. The summed E-state index contributed by atoms with van der Waals surface area (Å²) in [7, 11) is 1.47. The number of methoxy groups -OCH3 is 1. The van der Waals surface area contributed by atoms with Crippen molar-refractivity contribution < 1.29 is 18.7 Å². The summed E-state index contributed by atoms with van der Waals surface area (Å²) in [5.74, 6) is -0.274. The lowest BCUT2D eigenvalue weighted by atomic mass is 9.81. The van der Waals surface area contributed by atoms with Crippen LogP contribution in [0.3, 0.4) is 0 Å². The number of hydrogen-bond donors (Lipinski definition) is 0. The molecule has 0 aromatic heterocycles. The minimum atomic E-state index is -0.541. The number of rotatable bonds is 5. The van der Waals surface area contributed by atoms with E-state index in [-0.39, 0.29) is 5.78 Å². The first kappa shape index (κ1) is 21.5. The molecule has 0 spiro atoms.